The number of rotatable bonds is 3. The molecule has 0 atom stereocenters. The molecular formula is C18H13NO4. The lowest BCUT2D eigenvalue weighted by Crippen LogP contribution is -2.17. The molecule has 0 spiro atoms. The van der Waals surface area contributed by atoms with Crippen molar-refractivity contribution in [3.63, 3.8) is 0 Å². The Morgan fingerprint density at radius 2 is 1.96 bits per heavy atom. The summed E-state index contributed by atoms with van der Waals surface area (Å²) >= 11 is 0. The van der Waals surface area contributed by atoms with E-state index in [-0.39, 0.29) is 13.2 Å². The molecular weight excluding hydrogens is 294 g/mol. The normalized spacial score (nSPS) is 13.1. The first-order valence-electron chi connectivity index (χ1n) is 7.23. The van der Waals surface area contributed by atoms with Gasteiger partial charge in [0.15, 0.2) is 12.2 Å². The van der Waals surface area contributed by atoms with Crippen molar-refractivity contribution in [2.24, 2.45) is 0 Å². The number of oxazole rings is 1. The third kappa shape index (κ3) is 2.68. The van der Waals surface area contributed by atoms with Gasteiger partial charge in [0.2, 0.25) is 5.89 Å². The molecule has 5 nitrogen and oxygen atoms in total. The largest absolute Gasteiger partial charge is 0.488 e. The molecule has 0 aliphatic carbocycles. The second-order valence-corrected chi connectivity index (χ2v) is 5.15. The van der Waals surface area contributed by atoms with E-state index in [0.29, 0.717) is 17.0 Å². The fraction of sp³-hybridized carbons (Fsp3) is 0.111. The molecule has 1 aromatic heterocycles. The molecule has 3 aromatic rings. The number of esters is 1. The number of nitrogens with zero attached hydrogens (tertiary/aromatic N) is 1. The Labute approximate surface area is 132 Å². The molecule has 4 rings (SSSR count). The molecule has 1 aliphatic heterocycles. The van der Waals surface area contributed by atoms with Gasteiger partial charge in [-0.2, -0.15) is 0 Å². The minimum absolute atomic E-state index is 0.00744. The standard InChI is InChI=1S/C18H13NO4/c20-18(13-9-12-5-1-3-7-15(12)21-10-13)22-11-17-19-14-6-2-4-8-16(14)23-17/h1-9H,10-11H2. The van der Waals surface area contributed by atoms with Crippen molar-refractivity contribution in [1.82, 2.24) is 4.98 Å². The number of benzene rings is 2. The number of ether oxygens (including phenoxy) is 2. The van der Waals surface area contributed by atoms with E-state index in [1.54, 1.807) is 6.08 Å². The van der Waals surface area contributed by atoms with E-state index in [9.17, 15) is 4.79 Å². The van der Waals surface area contributed by atoms with Crippen LogP contribution in [0.3, 0.4) is 0 Å². The molecule has 0 fully saturated rings. The predicted octanol–water partition coefficient (Wildman–Crippen LogP) is 3.35. The molecule has 114 valence electrons. The van der Waals surface area contributed by atoms with Gasteiger partial charge >= 0.3 is 5.97 Å². The van der Waals surface area contributed by atoms with Crippen molar-refractivity contribution in [2.75, 3.05) is 6.61 Å². The van der Waals surface area contributed by atoms with Gasteiger partial charge < -0.3 is 13.9 Å². The van der Waals surface area contributed by atoms with Crippen LogP contribution >= 0.6 is 0 Å². The van der Waals surface area contributed by atoms with Crippen molar-refractivity contribution in [2.45, 2.75) is 6.61 Å². The maximum atomic E-state index is 12.2. The van der Waals surface area contributed by atoms with Gasteiger partial charge in [0, 0.05) is 5.56 Å². The Morgan fingerprint density at radius 1 is 1.13 bits per heavy atom. The first kappa shape index (κ1) is 13.6. The summed E-state index contributed by atoms with van der Waals surface area (Å²) in [5.74, 6) is 0.710. The molecule has 0 unspecified atom stereocenters. The first-order chi connectivity index (χ1) is 11.3. The number of hydrogen-bond donors (Lipinski definition) is 0. The molecule has 0 N–H and O–H groups in total. The summed E-state index contributed by atoms with van der Waals surface area (Å²) in [5, 5.41) is 0. The summed E-state index contributed by atoms with van der Waals surface area (Å²) in [4.78, 5) is 16.4. The third-order valence-electron chi connectivity index (χ3n) is 3.56. The third-order valence-corrected chi connectivity index (χ3v) is 3.56. The summed E-state index contributed by atoms with van der Waals surface area (Å²) in [6, 6.07) is 15.0. The van der Waals surface area contributed by atoms with E-state index in [0.717, 1.165) is 16.8 Å². The molecule has 5 heteroatoms. The first-order valence-corrected chi connectivity index (χ1v) is 7.23. The van der Waals surface area contributed by atoms with Gasteiger partial charge in [-0.1, -0.05) is 30.3 Å². The molecule has 0 amide bonds. The monoisotopic (exact) mass is 307 g/mol. The molecule has 0 bridgehead atoms. The van der Waals surface area contributed by atoms with E-state index >= 15 is 0 Å². The van der Waals surface area contributed by atoms with Crippen LogP contribution in [0.1, 0.15) is 11.5 Å². The predicted molar refractivity (Wildman–Crippen MR) is 83.7 cm³/mol. The van der Waals surface area contributed by atoms with E-state index in [4.69, 9.17) is 13.9 Å². The minimum Gasteiger partial charge on any atom is -0.488 e. The topological polar surface area (TPSA) is 61.6 Å². The maximum absolute atomic E-state index is 12.2. The highest BCUT2D eigenvalue weighted by Crippen LogP contribution is 2.26. The highest BCUT2D eigenvalue weighted by Gasteiger charge is 2.19. The van der Waals surface area contributed by atoms with Gasteiger partial charge in [-0.15, -0.1) is 0 Å². The highest BCUT2D eigenvalue weighted by molar-refractivity contribution is 5.95. The lowest BCUT2D eigenvalue weighted by atomic mass is 10.1. The van der Waals surface area contributed by atoms with Crippen molar-refractivity contribution in [3.8, 4) is 5.75 Å². The molecule has 1 aliphatic rings. The number of fused-ring (bicyclic) bond motifs is 2. The van der Waals surface area contributed by atoms with Gasteiger partial charge in [0.1, 0.15) is 17.9 Å². The quantitative estimate of drug-likeness (QED) is 0.694. The molecule has 2 heterocycles. The lowest BCUT2D eigenvalue weighted by molar-refractivity contribution is -0.141. The van der Waals surface area contributed by atoms with Crippen LogP contribution in [-0.2, 0) is 16.1 Å². The van der Waals surface area contributed by atoms with Crippen LogP contribution in [0, 0.1) is 0 Å². The van der Waals surface area contributed by atoms with Crippen LogP contribution < -0.4 is 4.74 Å². The zero-order chi connectivity index (χ0) is 15.6. The summed E-state index contributed by atoms with van der Waals surface area (Å²) in [5.41, 5.74) is 2.76. The molecule has 0 radical (unpaired) electrons. The van der Waals surface area contributed by atoms with Gasteiger partial charge in [0.05, 0.1) is 5.57 Å². The summed E-state index contributed by atoms with van der Waals surface area (Å²) in [6.07, 6.45) is 1.78. The van der Waals surface area contributed by atoms with Gasteiger partial charge in [-0.05, 0) is 24.3 Å². The van der Waals surface area contributed by atoms with Crippen molar-refractivity contribution in [1.29, 1.82) is 0 Å². The Morgan fingerprint density at radius 3 is 2.87 bits per heavy atom. The van der Waals surface area contributed by atoms with Crippen molar-refractivity contribution in [3.05, 3.63) is 65.6 Å². The number of carbonyl (C=O) groups is 1. The number of aromatic nitrogens is 1. The van der Waals surface area contributed by atoms with Crippen LogP contribution in [-0.4, -0.2) is 17.6 Å². The summed E-state index contributed by atoms with van der Waals surface area (Å²) in [6.45, 7) is 0.190. The number of hydrogen-bond acceptors (Lipinski definition) is 5. The molecule has 0 saturated heterocycles. The average Bonchev–Trinajstić information content (AvgIpc) is 3.02. The smallest absolute Gasteiger partial charge is 0.338 e. The minimum atomic E-state index is -0.429. The SMILES string of the molecule is O=C(OCc1nc2ccccc2o1)C1=Cc2ccccc2OC1. The zero-order valence-electron chi connectivity index (χ0n) is 12.2. The van der Waals surface area contributed by atoms with Gasteiger partial charge in [-0.25, -0.2) is 9.78 Å². The van der Waals surface area contributed by atoms with E-state index in [1.807, 2.05) is 48.5 Å². The van der Waals surface area contributed by atoms with E-state index in [2.05, 4.69) is 4.98 Å². The van der Waals surface area contributed by atoms with E-state index < -0.39 is 5.97 Å². The van der Waals surface area contributed by atoms with Crippen LogP contribution in [0.4, 0.5) is 0 Å². The average molecular weight is 307 g/mol. The second kappa shape index (κ2) is 5.61. The molecule has 0 saturated carbocycles. The van der Waals surface area contributed by atoms with Gasteiger partial charge in [-0.3, -0.25) is 0 Å². The number of para-hydroxylation sites is 3. The maximum Gasteiger partial charge on any atom is 0.338 e. The zero-order valence-corrected chi connectivity index (χ0v) is 12.2. The van der Waals surface area contributed by atoms with Crippen molar-refractivity contribution >= 4 is 23.1 Å². The Kier molecular flexibility index (Phi) is 3.31. The Hall–Kier alpha value is -3.08. The van der Waals surface area contributed by atoms with Crippen LogP contribution in [0.5, 0.6) is 5.75 Å². The van der Waals surface area contributed by atoms with Gasteiger partial charge in [0.25, 0.3) is 0 Å². The summed E-state index contributed by atoms with van der Waals surface area (Å²) in [7, 11) is 0. The molecule has 23 heavy (non-hydrogen) atoms. The Bertz CT molecular complexity index is 877. The second-order valence-electron chi connectivity index (χ2n) is 5.15. The van der Waals surface area contributed by atoms with Crippen LogP contribution in [0.2, 0.25) is 0 Å². The lowest BCUT2D eigenvalue weighted by Gasteiger charge is -2.16. The summed E-state index contributed by atoms with van der Waals surface area (Å²) < 4.78 is 16.3. The molecule has 2 aromatic carbocycles. The van der Waals surface area contributed by atoms with Crippen LogP contribution in [0.25, 0.3) is 17.2 Å². The fourth-order valence-electron chi connectivity index (χ4n) is 2.44. The fourth-order valence-corrected chi connectivity index (χ4v) is 2.44. The van der Waals surface area contributed by atoms with Crippen molar-refractivity contribution < 1.29 is 18.7 Å². The van der Waals surface area contributed by atoms with E-state index in [1.165, 1.54) is 0 Å². The number of carbonyl (C=O) groups excluding carboxylic acids is 1. The highest BCUT2D eigenvalue weighted by atomic mass is 16.5. The Balaban J connectivity index is 1.47. The van der Waals surface area contributed by atoms with Crippen LogP contribution in [0.15, 0.2) is 58.5 Å².